The van der Waals surface area contributed by atoms with Crippen LogP contribution < -0.4 is 5.32 Å². The lowest BCUT2D eigenvalue weighted by Crippen LogP contribution is -2.15. The molecule has 19 heavy (non-hydrogen) atoms. The van der Waals surface area contributed by atoms with Gasteiger partial charge in [-0.2, -0.15) is 0 Å². The van der Waals surface area contributed by atoms with Crippen molar-refractivity contribution in [2.24, 2.45) is 0 Å². The van der Waals surface area contributed by atoms with E-state index in [0.29, 0.717) is 20.5 Å². The summed E-state index contributed by atoms with van der Waals surface area (Å²) in [6.45, 7) is 3.66. The van der Waals surface area contributed by atoms with E-state index in [2.05, 4.69) is 10.3 Å². The molecule has 1 aromatic carbocycles. The Morgan fingerprint density at radius 3 is 2.63 bits per heavy atom. The summed E-state index contributed by atoms with van der Waals surface area (Å²) in [6.07, 6.45) is 0. The molecule has 3 nitrogen and oxygen atoms in total. The quantitative estimate of drug-likeness (QED) is 0.820. The summed E-state index contributed by atoms with van der Waals surface area (Å²) >= 11 is 1.98. The molecule has 2 aromatic rings. The number of hydrogen-bond donors (Lipinski definition) is 1. The SMILES string of the molecule is Cc1ccc(C(=O)Nc2ccc(F)cc2I)c(C)n1. The highest BCUT2D eigenvalue weighted by Gasteiger charge is 2.12. The standard InChI is InChI=1S/C14H12FIN2O/c1-8-3-5-11(9(2)17-8)14(19)18-13-6-4-10(15)7-12(13)16/h3-7H,1-2H3,(H,18,19). The number of carbonyl (C=O) groups excluding carboxylic acids is 1. The van der Waals surface area contributed by atoms with Crippen molar-refractivity contribution in [3.05, 3.63) is 56.7 Å². The van der Waals surface area contributed by atoms with Crippen LogP contribution in [0.3, 0.4) is 0 Å². The van der Waals surface area contributed by atoms with Crippen LogP contribution in [-0.2, 0) is 0 Å². The van der Waals surface area contributed by atoms with Gasteiger partial charge in [-0.1, -0.05) is 0 Å². The number of benzene rings is 1. The second-order valence-electron chi connectivity index (χ2n) is 4.16. The second-order valence-corrected chi connectivity index (χ2v) is 5.33. The number of aromatic nitrogens is 1. The Bertz CT molecular complexity index is 643. The van der Waals surface area contributed by atoms with E-state index >= 15 is 0 Å². The van der Waals surface area contributed by atoms with Gasteiger partial charge in [-0.05, 0) is 66.8 Å². The van der Waals surface area contributed by atoms with Crippen LogP contribution in [0.5, 0.6) is 0 Å². The number of amides is 1. The molecule has 1 amide bonds. The first-order valence-corrected chi connectivity index (χ1v) is 6.76. The number of halogens is 2. The number of anilines is 1. The highest BCUT2D eigenvalue weighted by atomic mass is 127. The molecule has 0 fully saturated rings. The average Bonchev–Trinajstić information content (AvgIpc) is 2.32. The summed E-state index contributed by atoms with van der Waals surface area (Å²) in [5.74, 6) is -0.565. The maximum absolute atomic E-state index is 13.0. The Kier molecular flexibility index (Phi) is 4.14. The van der Waals surface area contributed by atoms with E-state index < -0.39 is 0 Å². The van der Waals surface area contributed by atoms with Crippen molar-refractivity contribution in [1.29, 1.82) is 0 Å². The van der Waals surface area contributed by atoms with Gasteiger partial charge in [0.15, 0.2) is 0 Å². The Balaban J connectivity index is 2.25. The molecule has 98 valence electrons. The smallest absolute Gasteiger partial charge is 0.257 e. The molecule has 0 bridgehead atoms. The zero-order valence-corrected chi connectivity index (χ0v) is 12.7. The van der Waals surface area contributed by atoms with Crippen molar-refractivity contribution in [3.8, 4) is 0 Å². The summed E-state index contributed by atoms with van der Waals surface area (Å²) in [6, 6.07) is 7.77. The molecule has 0 radical (unpaired) electrons. The molecule has 0 atom stereocenters. The maximum atomic E-state index is 13.0. The average molecular weight is 370 g/mol. The fraction of sp³-hybridized carbons (Fsp3) is 0.143. The highest BCUT2D eigenvalue weighted by Crippen LogP contribution is 2.20. The Morgan fingerprint density at radius 1 is 1.26 bits per heavy atom. The van der Waals surface area contributed by atoms with Gasteiger partial charge in [0, 0.05) is 9.26 Å². The van der Waals surface area contributed by atoms with E-state index in [1.54, 1.807) is 25.1 Å². The number of hydrogen-bond acceptors (Lipinski definition) is 2. The van der Waals surface area contributed by atoms with E-state index in [-0.39, 0.29) is 11.7 Å². The molecule has 0 unspecified atom stereocenters. The molecule has 0 saturated carbocycles. The first-order chi connectivity index (χ1) is 8.97. The zero-order valence-electron chi connectivity index (χ0n) is 10.5. The van der Waals surface area contributed by atoms with Crippen LogP contribution in [0, 0.1) is 23.2 Å². The largest absolute Gasteiger partial charge is 0.321 e. The highest BCUT2D eigenvalue weighted by molar-refractivity contribution is 14.1. The van der Waals surface area contributed by atoms with E-state index in [1.165, 1.54) is 12.1 Å². The van der Waals surface area contributed by atoms with Gasteiger partial charge in [-0.15, -0.1) is 0 Å². The predicted octanol–water partition coefficient (Wildman–Crippen LogP) is 3.69. The molecule has 0 aliphatic rings. The normalized spacial score (nSPS) is 10.3. The maximum Gasteiger partial charge on any atom is 0.257 e. The van der Waals surface area contributed by atoms with Crippen molar-refractivity contribution < 1.29 is 9.18 Å². The molecule has 0 spiro atoms. The van der Waals surface area contributed by atoms with E-state index in [9.17, 15) is 9.18 Å². The summed E-state index contributed by atoms with van der Waals surface area (Å²) < 4.78 is 13.6. The number of pyridine rings is 1. The fourth-order valence-corrected chi connectivity index (χ4v) is 2.32. The molecule has 0 saturated heterocycles. The van der Waals surface area contributed by atoms with Crippen LogP contribution in [0.25, 0.3) is 0 Å². The lowest BCUT2D eigenvalue weighted by molar-refractivity contribution is 0.102. The Morgan fingerprint density at radius 2 is 2.00 bits per heavy atom. The third-order valence-corrected chi connectivity index (χ3v) is 3.54. The zero-order chi connectivity index (χ0) is 14.0. The summed E-state index contributed by atoms with van der Waals surface area (Å²) in [7, 11) is 0. The Hall–Kier alpha value is -1.50. The van der Waals surface area contributed by atoms with Gasteiger partial charge in [-0.3, -0.25) is 9.78 Å². The van der Waals surface area contributed by atoms with Crippen LogP contribution >= 0.6 is 22.6 Å². The van der Waals surface area contributed by atoms with Crippen molar-refractivity contribution in [2.75, 3.05) is 5.32 Å². The first kappa shape index (κ1) is 13.9. The Labute approximate surface area is 124 Å². The molecular formula is C14H12FIN2O. The number of nitrogens with one attached hydrogen (secondary N) is 1. The minimum Gasteiger partial charge on any atom is -0.321 e. The number of rotatable bonds is 2. The summed E-state index contributed by atoms with van der Waals surface area (Å²) in [4.78, 5) is 16.4. The van der Waals surface area contributed by atoms with Crippen LogP contribution in [0.15, 0.2) is 30.3 Å². The molecule has 0 aliphatic carbocycles. The van der Waals surface area contributed by atoms with Crippen LogP contribution in [0.1, 0.15) is 21.7 Å². The minimum absolute atomic E-state index is 0.241. The second kappa shape index (κ2) is 5.64. The van der Waals surface area contributed by atoms with Gasteiger partial charge in [0.05, 0.1) is 16.9 Å². The number of carbonyl (C=O) groups is 1. The molecule has 0 aliphatic heterocycles. The van der Waals surface area contributed by atoms with Crippen molar-refractivity contribution in [1.82, 2.24) is 4.98 Å². The third-order valence-electron chi connectivity index (χ3n) is 2.65. The fourth-order valence-electron chi connectivity index (χ4n) is 1.71. The van der Waals surface area contributed by atoms with Gasteiger partial charge in [0.2, 0.25) is 0 Å². The predicted molar refractivity (Wildman–Crippen MR) is 80.8 cm³/mol. The number of nitrogens with zero attached hydrogens (tertiary/aromatic N) is 1. The molecule has 1 aromatic heterocycles. The lowest BCUT2D eigenvalue weighted by atomic mass is 10.1. The summed E-state index contributed by atoms with van der Waals surface area (Å²) in [5.41, 5.74) is 2.65. The molecule has 1 N–H and O–H groups in total. The van der Waals surface area contributed by atoms with E-state index in [4.69, 9.17) is 0 Å². The van der Waals surface area contributed by atoms with Crippen molar-refractivity contribution in [3.63, 3.8) is 0 Å². The van der Waals surface area contributed by atoms with Gasteiger partial charge >= 0.3 is 0 Å². The van der Waals surface area contributed by atoms with Crippen LogP contribution in [0.2, 0.25) is 0 Å². The monoisotopic (exact) mass is 370 g/mol. The number of aryl methyl sites for hydroxylation is 2. The van der Waals surface area contributed by atoms with Gasteiger partial charge in [0.1, 0.15) is 5.82 Å². The molecule has 5 heteroatoms. The molecule has 1 heterocycles. The third kappa shape index (κ3) is 3.28. The minimum atomic E-state index is -0.324. The molecular weight excluding hydrogens is 358 g/mol. The molecule has 2 rings (SSSR count). The van der Waals surface area contributed by atoms with Gasteiger partial charge in [-0.25, -0.2) is 4.39 Å². The van der Waals surface area contributed by atoms with Crippen LogP contribution in [0.4, 0.5) is 10.1 Å². The van der Waals surface area contributed by atoms with E-state index in [1.807, 2.05) is 29.5 Å². The van der Waals surface area contributed by atoms with E-state index in [0.717, 1.165) is 5.69 Å². The first-order valence-electron chi connectivity index (χ1n) is 5.68. The topological polar surface area (TPSA) is 42.0 Å². The van der Waals surface area contributed by atoms with Gasteiger partial charge in [0.25, 0.3) is 5.91 Å². The van der Waals surface area contributed by atoms with Gasteiger partial charge < -0.3 is 5.32 Å². The lowest BCUT2D eigenvalue weighted by Gasteiger charge is -2.09. The van der Waals surface area contributed by atoms with Crippen molar-refractivity contribution >= 4 is 34.2 Å². The summed E-state index contributed by atoms with van der Waals surface area (Å²) in [5, 5.41) is 2.76. The van der Waals surface area contributed by atoms with Crippen LogP contribution in [-0.4, -0.2) is 10.9 Å². The van der Waals surface area contributed by atoms with Crippen molar-refractivity contribution in [2.45, 2.75) is 13.8 Å².